The number of hydrogen-bond donors (Lipinski definition) is 2. The molecule has 0 aromatic rings. The fourth-order valence-corrected chi connectivity index (χ4v) is 1.74. The van der Waals surface area contributed by atoms with Gasteiger partial charge in [-0.1, -0.05) is 12.7 Å². The summed E-state index contributed by atoms with van der Waals surface area (Å²) >= 11 is 0. The van der Waals surface area contributed by atoms with Crippen LogP contribution in [-0.2, 0) is 14.3 Å². The Hall–Kier alpha value is -1.62. The summed E-state index contributed by atoms with van der Waals surface area (Å²) in [5, 5.41) is 9.05. The lowest BCUT2D eigenvalue weighted by Gasteiger charge is -2.30. The Morgan fingerprint density at radius 3 is 2.82 bits per heavy atom. The maximum atomic E-state index is 11.0. The quantitative estimate of drug-likeness (QED) is 0.714. The molecular formula is C12H17NO4. The van der Waals surface area contributed by atoms with E-state index in [1.165, 1.54) is 6.92 Å². The number of carbonyl (C=O) groups excluding carboxylic acids is 1. The van der Waals surface area contributed by atoms with E-state index in [0.717, 1.165) is 5.57 Å². The number of carbonyl (C=O) groups is 2. The summed E-state index contributed by atoms with van der Waals surface area (Å²) in [4.78, 5) is 21.7. The molecule has 3 N–H and O–H groups in total. The Balaban J connectivity index is 2.66. The van der Waals surface area contributed by atoms with Gasteiger partial charge in [0.2, 0.25) is 0 Å². The van der Waals surface area contributed by atoms with Crippen molar-refractivity contribution in [2.45, 2.75) is 31.7 Å². The van der Waals surface area contributed by atoms with Crippen LogP contribution in [0.5, 0.6) is 0 Å². The molecule has 94 valence electrons. The standard InChI is InChI=1S/C12H17NO4/c1-8(7-17-9(2)14)10-4-3-5-12(13,6-10)11(15)16/h4H,1,3,5-7,13H2,2H3,(H,15,16)/t12-/m0/s1. The Labute approximate surface area is 99.9 Å². The average molecular weight is 239 g/mol. The molecule has 0 bridgehead atoms. The van der Waals surface area contributed by atoms with E-state index in [4.69, 9.17) is 15.6 Å². The van der Waals surface area contributed by atoms with Crippen LogP contribution in [0.2, 0.25) is 0 Å². The largest absolute Gasteiger partial charge is 0.480 e. The second kappa shape index (κ2) is 5.14. The van der Waals surface area contributed by atoms with Crippen LogP contribution in [0.3, 0.4) is 0 Å². The minimum absolute atomic E-state index is 0.0802. The molecule has 1 rings (SSSR count). The number of nitrogens with two attached hydrogens (primary N) is 1. The molecule has 0 fully saturated rings. The van der Waals surface area contributed by atoms with Crippen molar-refractivity contribution in [3.8, 4) is 0 Å². The first-order valence-corrected chi connectivity index (χ1v) is 5.38. The number of aliphatic carboxylic acids is 1. The number of allylic oxidation sites excluding steroid dienone is 1. The van der Waals surface area contributed by atoms with Crippen molar-refractivity contribution in [1.82, 2.24) is 0 Å². The second-order valence-corrected chi connectivity index (χ2v) is 4.29. The number of hydrogen-bond acceptors (Lipinski definition) is 4. The molecule has 0 heterocycles. The van der Waals surface area contributed by atoms with Gasteiger partial charge in [-0.3, -0.25) is 9.59 Å². The van der Waals surface area contributed by atoms with Gasteiger partial charge in [0.25, 0.3) is 0 Å². The second-order valence-electron chi connectivity index (χ2n) is 4.29. The summed E-state index contributed by atoms with van der Waals surface area (Å²) < 4.78 is 4.82. The van der Waals surface area contributed by atoms with Gasteiger partial charge in [0.15, 0.2) is 0 Å². The zero-order valence-corrected chi connectivity index (χ0v) is 9.86. The van der Waals surface area contributed by atoms with Crippen LogP contribution in [-0.4, -0.2) is 29.2 Å². The van der Waals surface area contributed by atoms with E-state index in [9.17, 15) is 9.59 Å². The Kier molecular flexibility index (Phi) is 4.07. The Morgan fingerprint density at radius 2 is 2.29 bits per heavy atom. The van der Waals surface area contributed by atoms with Gasteiger partial charge in [0, 0.05) is 13.3 Å². The normalized spacial score (nSPS) is 23.8. The van der Waals surface area contributed by atoms with Crippen LogP contribution in [0.25, 0.3) is 0 Å². The van der Waals surface area contributed by atoms with Gasteiger partial charge in [-0.15, -0.1) is 0 Å². The highest BCUT2D eigenvalue weighted by atomic mass is 16.5. The van der Waals surface area contributed by atoms with Crippen LogP contribution in [0, 0.1) is 0 Å². The molecule has 17 heavy (non-hydrogen) atoms. The minimum Gasteiger partial charge on any atom is -0.480 e. The van der Waals surface area contributed by atoms with Crippen molar-refractivity contribution in [1.29, 1.82) is 0 Å². The van der Waals surface area contributed by atoms with Crippen molar-refractivity contribution >= 4 is 11.9 Å². The molecule has 1 atom stereocenters. The molecule has 0 aliphatic heterocycles. The number of carboxylic acids is 1. The summed E-state index contributed by atoms with van der Waals surface area (Å²) in [5.74, 6) is -1.40. The third-order valence-corrected chi connectivity index (χ3v) is 2.82. The number of esters is 1. The van der Waals surface area contributed by atoms with Gasteiger partial charge in [-0.2, -0.15) is 0 Å². The first kappa shape index (κ1) is 13.4. The van der Waals surface area contributed by atoms with Gasteiger partial charge in [-0.05, 0) is 24.0 Å². The molecule has 0 aromatic carbocycles. The fraction of sp³-hybridized carbons (Fsp3) is 0.500. The van der Waals surface area contributed by atoms with Crippen LogP contribution >= 0.6 is 0 Å². The lowest BCUT2D eigenvalue weighted by atomic mass is 9.80. The van der Waals surface area contributed by atoms with Crippen molar-refractivity contribution in [2.75, 3.05) is 6.61 Å². The van der Waals surface area contributed by atoms with E-state index in [0.29, 0.717) is 18.4 Å². The van der Waals surface area contributed by atoms with Gasteiger partial charge in [-0.25, -0.2) is 0 Å². The molecule has 1 aliphatic carbocycles. The summed E-state index contributed by atoms with van der Waals surface area (Å²) in [6.07, 6.45) is 3.13. The predicted molar refractivity (Wildman–Crippen MR) is 62.3 cm³/mol. The molecule has 5 nitrogen and oxygen atoms in total. The minimum atomic E-state index is -1.23. The molecule has 0 unspecified atom stereocenters. The predicted octanol–water partition coefficient (Wildman–Crippen LogP) is 0.998. The topological polar surface area (TPSA) is 89.6 Å². The van der Waals surface area contributed by atoms with Crippen molar-refractivity contribution in [3.05, 3.63) is 23.8 Å². The fourth-order valence-electron chi connectivity index (χ4n) is 1.74. The number of ether oxygens (including phenoxy) is 1. The van der Waals surface area contributed by atoms with Gasteiger partial charge in [0.05, 0.1) is 0 Å². The van der Waals surface area contributed by atoms with E-state index in [2.05, 4.69) is 6.58 Å². The first-order chi connectivity index (χ1) is 7.85. The molecular weight excluding hydrogens is 222 g/mol. The van der Waals surface area contributed by atoms with E-state index >= 15 is 0 Å². The van der Waals surface area contributed by atoms with Crippen molar-refractivity contribution in [3.63, 3.8) is 0 Å². The van der Waals surface area contributed by atoms with Crippen LogP contribution in [0.4, 0.5) is 0 Å². The molecule has 0 aromatic heterocycles. The van der Waals surface area contributed by atoms with Crippen molar-refractivity contribution in [2.24, 2.45) is 5.73 Å². The van der Waals surface area contributed by atoms with E-state index in [1.807, 2.05) is 6.08 Å². The summed E-state index contributed by atoms with van der Waals surface area (Å²) in [6.45, 7) is 5.17. The van der Waals surface area contributed by atoms with E-state index in [-0.39, 0.29) is 19.0 Å². The molecule has 5 heteroatoms. The highest BCUT2D eigenvalue weighted by Crippen LogP contribution is 2.30. The van der Waals surface area contributed by atoms with Gasteiger partial charge >= 0.3 is 11.9 Å². The highest BCUT2D eigenvalue weighted by Gasteiger charge is 2.36. The highest BCUT2D eigenvalue weighted by molar-refractivity contribution is 5.79. The summed E-state index contributed by atoms with van der Waals surface area (Å²) in [5.41, 5.74) is 5.94. The van der Waals surface area contributed by atoms with Gasteiger partial charge in [0.1, 0.15) is 12.1 Å². The van der Waals surface area contributed by atoms with Crippen LogP contribution in [0.1, 0.15) is 26.2 Å². The molecule has 0 spiro atoms. The van der Waals surface area contributed by atoms with Crippen LogP contribution in [0.15, 0.2) is 23.8 Å². The number of carboxylic acid groups (broad SMARTS) is 1. The lowest BCUT2D eigenvalue weighted by Crippen LogP contribution is -2.49. The Bertz CT molecular complexity index is 386. The average Bonchev–Trinajstić information content (AvgIpc) is 2.25. The Morgan fingerprint density at radius 1 is 1.65 bits per heavy atom. The maximum Gasteiger partial charge on any atom is 0.324 e. The van der Waals surface area contributed by atoms with Gasteiger partial charge < -0.3 is 15.6 Å². The van der Waals surface area contributed by atoms with Crippen LogP contribution < -0.4 is 5.73 Å². The lowest BCUT2D eigenvalue weighted by molar-refractivity contribution is -0.144. The molecule has 0 saturated carbocycles. The first-order valence-electron chi connectivity index (χ1n) is 5.38. The number of rotatable bonds is 4. The molecule has 1 aliphatic rings. The molecule has 0 amide bonds. The molecule has 0 radical (unpaired) electrons. The third kappa shape index (κ3) is 3.42. The zero-order chi connectivity index (χ0) is 13.1. The maximum absolute atomic E-state index is 11.0. The van der Waals surface area contributed by atoms with E-state index < -0.39 is 11.5 Å². The monoisotopic (exact) mass is 239 g/mol. The zero-order valence-electron chi connectivity index (χ0n) is 9.86. The molecule has 0 saturated heterocycles. The van der Waals surface area contributed by atoms with E-state index in [1.54, 1.807) is 0 Å². The summed E-state index contributed by atoms with van der Waals surface area (Å²) in [7, 11) is 0. The summed E-state index contributed by atoms with van der Waals surface area (Å²) in [6, 6.07) is 0. The third-order valence-electron chi connectivity index (χ3n) is 2.82. The van der Waals surface area contributed by atoms with Crippen molar-refractivity contribution < 1.29 is 19.4 Å². The smallest absolute Gasteiger partial charge is 0.324 e. The SMILES string of the molecule is C=C(COC(C)=O)C1=CCC[C@@](N)(C(=O)O)C1.